The lowest BCUT2D eigenvalue weighted by molar-refractivity contribution is 0.146. The van der Waals surface area contributed by atoms with Crippen molar-refractivity contribution >= 4 is 5.82 Å². The molecule has 0 amide bonds. The minimum absolute atomic E-state index is 0.201. The fourth-order valence-electron chi connectivity index (χ4n) is 0.944. The minimum atomic E-state index is -2.56. The van der Waals surface area contributed by atoms with E-state index in [1.54, 1.807) is 0 Å². The van der Waals surface area contributed by atoms with E-state index in [1.165, 1.54) is 6.07 Å². The second kappa shape index (κ2) is 3.86. The molecule has 0 spiro atoms. The molecule has 78 valence electrons. The van der Waals surface area contributed by atoms with Crippen molar-refractivity contribution < 1.29 is 8.78 Å². The number of anilines is 1. The minimum Gasteiger partial charge on any atom is -0.365 e. The van der Waals surface area contributed by atoms with Crippen LogP contribution in [0.3, 0.4) is 0 Å². The van der Waals surface area contributed by atoms with Crippen molar-refractivity contribution in [3.8, 4) is 0 Å². The zero-order valence-electron chi connectivity index (χ0n) is 8.38. The second-order valence-electron chi connectivity index (χ2n) is 4.00. The number of hydrogen-bond donors (Lipinski definition) is 1. The first-order valence-electron chi connectivity index (χ1n) is 4.27. The predicted octanol–water partition coefficient (Wildman–Crippen LogP) is 2.62. The highest BCUT2D eigenvalue weighted by molar-refractivity contribution is 5.37. The molecular formula is C9H13F2N3. The summed E-state index contributed by atoms with van der Waals surface area (Å²) in [6.45, 7) is 5.78. The lowest BCUT2D eigenvalue weighted by Gasteiger charge is -2.21. The van der Waals surface area contributed by atoms with Crippen LogP contribution in [0.2, 0.25) is 0 Å². The summed E-state index contributed by atoms with van der Waals surface area (Å²) in [5.74, 6) is 0.419. The number of hydrogen-bond acceptors (Lipinski definition) is 3. The number of rotatable bonds is 2. The molecule has 0 saturated carbocycles. The molecule has 0 radical (unpaired) electrons. The summed E-state index contributed by atoms with van der Waals surface area (Å²) < 4.78 is 24.5. The lowest BCUT2D eigenvalue weighted by Crippen LogP contribution is -2.26. The molecule has 0 atom stereocenters. The molecule has 1 aromatic rings. The molecule has 3 nitrogen and oxygen atoms in total. The van der Waals surface area contributed by atoms with Gasteiger partial charge < -0.3 is 5.32 Å². The summed E-state index contributed by atoms with van der Waals surface area (Å²) >= 11 is 0. The third-order valence-corrected chi connectivity index (χ3v) is 1.41. The van der Waals surface area contributed by atoms with Crippen LogP contribution in [0.4, 0.5) is 14.6 Å². The SMILES string of the molecule is CC(C)(C)Nc1cc(C(F)F)ncn1. The summed E-state index contributed by atoms with van der Waals surface area (Å²) in [4.78, 5) is 7.32. The van der Waals surface area contributed by atoms with Crippen molar-refractivity contribution in [2.75, 3.05) is 5.32 Å². The Morgan fingerprint density at radius 1 is 1.29 bits per heavy atom. The molecule has 0 aliphatic heterocycles. The standard InChI is InChI=1S/C9H13F2N3/c1-9(2,3)14-7-4-6(8(10)11)12-5-13-7/h4-5,8H,1-3H3,(H,12,13,14). The molecule has 0 unspecified atom stereocenters. The van der Waals surface area contributed by atoms with Crippen LogP contribution in [0.25, 0.3) is 0 Å². The maximum atomic E-state index is 12.3. The summed E-state index contributed by atoms with van der Waals surface area (Å²) in [7, 11) is 0. The van der Waals surface area contributed by atoms with Gasteiger partial charge in [-0.2, -0.15) is 0 Å². The van der Waals surface area contributed by atoms with E-state index in [0.717, 1.165) is 6.33 Å². The van der Waals surface area contributed by atoms with Crippen LogP contribution < -0.4 is 5.32 Å². The first-order valence-corrected chi connectivity index (χ1v) is 4.27. The van der Waals surface area contributed by atoms with Gasteiger partial charge in [0.25, 0.3) is 6.43 Å². The van der Waals surface area contributed by atoms with Crippen molar-refractivity contribution in [2.45, 2.75) is 32.7 Å². The molecule has 1 N–H and O–H groups in total. The number of aromatic nitrogens is 2. The molecular weight excluding hydrogens is 188 g/mol. The van der Waals surface area contributed by atoms with Crippen LogP contribution in [0.5, 0.6) is 0 Å². The van der Waals surface area contributed by atoms with Gasteiger partial charge in [0.1, 0.15) is 17.8 Å². The molecule has 1 heterocycles. The van der Waals surface area contributed by atoms with E-state index in [1.807, 2.05) is 20.8 Å². The van der Waals surface area contributed by atoms with Gasteiger partial charge in [-0.25, -0.2) is 18.7 Å². The second-order valence-corrected chi connectivity index (χ2v) is 4.00. The monoisotopic (exact) mass is 201 g/mol. The van der Waals surface area contributed by atoms with Crippen molar-refractivity contribution in [2.24, 2.45) is 0 Å². The number of nitrogens with zero attached hydrogens (tertiary/aromatic N) is 2. The van der Waals surface area contributed by atoms with Gasteiger partial charge in [-0.15, -0.1) is 0 Å². The van der Waals surface area contributed by atoms with Crippen molar-refractivity contribution in [3.63, 3.8) is 0 Å². The lowest BCUT2D eigenvalue weighted by atomic mass is 10.1. The third-order valence-electron chi connectivity index (χ3n) is 1.41. The van der Waals surface area contributed by atoms with Crippen LogP contribution >= 0.6 is 0 Å². The maximum absolute atomic E-state index is 12.3. The highest BCUT2D eigenvalue weighted by Crippen LogP contribution is 2.19. The smallest absolute Gasteiger partial charge is 0.280 e. The van der Waals surface area contributed by atoms with Gasteiger partial charge in [0, 0.05) is 11.6 Å². The van der Waals surface area contributed by atoms with Gasteiger partial charge in [-0.1, -0.05) is 0 Å². The summed E-state index contributed by atoms with van der Waals surface area (Å²) in [6.07, 6.45) is -1.42. The largest absolute Gasteiger partial charge is 0.365 e. The van der Waals surface area contributed by atoms with Crippen molar-refractivity contribution in [1.29, 1.82) is 0 Å². The van der Waals surface area contributed by atoms with E-state index in [-0.39, 0.29) is 11.2 Å². The predicted molar refractivity (Wildman–Crippen MR) is 50.4 cm³/mol. The van der Waals surface area contributed by atoms with Crippen LogP contribution in [-0.2, 0) is 0 Å². The summed E-state index contributed by atoms with van der Waals surface area (Å²) in [5.41, 5.74) is -0.458. The normalized spacial score (nSPS) is 11.9. The molecule has 1 aromatic heterocycles. The first kappa shape index (κ1) is 10.8. The Kier molecular flexibility index (Phi) is 2.98. The van der Waals surface area contributed by atoms with Crippen LogP contribution in [0.15, 0.2) is 12.4 Å². The average Bonchev–Trinajstić information content (AvgIpc) is 2.01. The van der Waals surface area contributed by atoms with E-state index in [4.69, 9.17) is 0 Å². The van der Waals surface area contributed by atoms with Gasteiger partial charge in [0.15, 0.2) is 0 Å². The number of nitrogens with one attached hydrogen (secondary N) is 1. The van der Waals surface area contributed by atoms with Crippen molar-refractivity contribution in [1.82, 2.24) is 9.97 Å². The third kappa shape index (κ3) is 3.24. The maximum Gasteiger partial charge on any atom is 0.280 e. The van der Waals surface area contributed by atoms with E-state index in [9.17, 15) is 8.78 Å². The number of alkyl halides is 2. The van der Waals surface area contributed by atoms with Crippen LogP contribution in [-0.4, -0.2) is 15.5 Å². The Hall–Kier alpha value is -1.26. The zero-order chi connectivity index (χ0) is 10.8. The van der Waals surface area contributed by atoms with Gasteiger partial charge in [0.2, 0.25) is 0 Å². The quantitative estimate of drug-likeness (QED) is 0.799. The van der Waals surface area contributed by atoms with E-state index in [0.29, 0.717) is 5.82 Å². The highest BCUT2D eigenvalue weighted by Gasteiger charge is 2.13. The van der Waals surface area contributed by atoms with E-state index < -0.39 is 6.43 Å². The molecule has 0 aliphatic rings. The molecule has 0 bridgehead atoms. The Morgan fingerprint density at radius 2 is 1.93 bits per heavy atom. The van der Waals surface area contributed by atoms with Crippen LogP contribution in [0.1, 0.15) is 32.9 Å². The fourth-order valence-corrected chi connectivity index (χ4v) is 0.944. The van der Waals surface area contributed by atoms with Gasteiger partial charge >= 0.3 is 0 Å². The van der Waals surface area contributed by atoms with Crippen LogP contribution in [0, 0.1) is 0 Å². The van der Waals surface area contributed by atoms with Gasteiger partial charge in [-0.05, 0) is 20.8 Å². The molecule has 0 saturated heterocycles. The molecule has 5 heteroatoms. The molecule has 1 rings (SSSR count). The molecule has 0 fully saturated rings. The van der Waals surface area contributed by atoms with Gasteiger partial charge in [0.05, 0.1) is 0 Å². The summed E-state index contributed by atoms with van der Waals surface area (Å²) in [6, 6.07) is 1.26. The molecule has 0 aliphatic carbocycles. The van der Waals surface area contributed by atoms with E-state index in [2.05, 4.69) is 15.3 Å². The van der Waals surface area contributed by atoms with Gasteiger partial charge in [-0.3, -0.25) is 0 Å². The first-order chi connectivity index (χ1) is 6.38. The molecule has 0 aromatic carbocycles. The van der Waals surface area contributed by atoms with Crippen molar-refractivity contribution in [3.05, 3.63) is 18.1 Å². The summed E-state index contributed by atoms with van der Waals surface area (Å²) in [5, 5.41) is 2.99. The Bertz CT molecular complexity index is 307. The zero-order valence-corrected chi connectivity index (χ0v) is 8.38. The number of halogens is 2. The molecule has 14 heavy (non-hydrogen) atoms. The Labute approximate surface area is 81.6 Å². The Morgan fingerprint density at radius 3 is 2.43 bits per heavy atom. The topological polar surface area (TPSA) is 37.8 Å². The Balaban J connectivity index is 2.84. The van der Waals surface area contributed by atoms with E-state index >= 15 is 0 Å². The average molecular weight is 201 g/mol. The fraction of sp³-hybridized carbons (Fsp3) is 0.556. The highest BCUT2D eigenvalue weighted by atomic mass is 19.3.